The molecular formula is C6H10F2INO. The van der Waals surface area contributed by atoms with E-state index in [1.807, 2.05) is 22.6 Å². The van der Waals surface area contributed by atoms with E-state index in [1.54, 1.807) is 10.2 Å². The van der Waals surface area contributed by atoms with Crippen LogP contribution in [-0.4, -0.2) is 30.7 Å². The fraction of sp³-hybridized carbons (Fsp3) is 0.667. The molecule has 0 aliphatic heterocycles. The highest BCUT2D eigenvalue weighted by Crippen LogP contribution is 1.93. The summed E-state index contributed by atoms with van der Waals surface area (Å²) < 4.78 is 24.9. The van der Waals surface area contributed by atoms with E-state index in [-0.39, 0.29) is 19.2 Å². The third-order valence-electron chi connectivity index (χ3n) is 1.04. The lowest BCUT2D eigenvalue weighted by Gasteiger charge is -2.10. The minimum absolute atomic E-state index is 0.160. The van der Waals surface area contributed by atoms with Gasteiger partial charge in [-0.2, -0.15) is 0 Å². The van der Waals surface area contributed by atoms with Crippen molar-refractivity contribution < 1.29 is 13.9 Å². The smallest absolute Gasteiger partial charge is 0.250 e. The summed E-state index contributed by atoms with van der Waals surface area (Å²) in [6.07, 6.45) is -0.741. The second kappa shape index (κ2) is 6.93. The van der Waals surface area contributed by atoms with Gasteiger partial charge in [0.25, 0.3) is 6.43 Å². The minimum atomic E-state index is -2.37. The summed E-state index contributed by atoms with van der Waals surface area (Å²) in [6.45, 7) is -0.543. The largest absolute Gasteiger partial charge is 0.394 e. The van der Waals surface area contributed by atoms with Gasteiger partial charge in [-0.1, -0.05) is 28.7 Å². The fourth-order valence-corrected chi connectivity index (χ4v) is 1.02. The van der Waals surface area contributed by atoms with E-state index >= 15 is 0 Å². The minimum Gasteiger partial charge on any atom is -0.394 e. The van der Waals surface area contributed by atoms with Crippen molar-refractivity contribution in [3.63, 3.8) is 0 Å². The first kappa shape index (κ1) is 11.2. The van der Waals surface area contributed by atoms with Crippen LogP contribution in [0.5, 0.6) is 0 Å². The zero-order chi connectivity index (χ0) is 8.69. The van der Waals surface area contributed by atoms with E-state index in [2.05, 4.69) is 5.32 Å². The molecule has 5 heteroatoms. The predicted molar refractivity (Wildman–Crippen MR) is 48.0 cm³/mol. The second-order valence-corrected chi connectivity index (χ2v) is 2.63. The standard InChI is InChI=1S/C6H10F2INO/c7-6(8)3-10-5(4-11)1-2-9/h1-2,5-6,10-11H,3-4H2/t5-/m0/s1. The van der Waals surface area contributed by atoms with Gasteiger partial charge in [0.2, 0.25) is 0 Å². The molecule has 0 aromatic carbocycles. The van der Waals surface area contributed by atoms with Gasteiger partial charge in [-0.25, -0.2) is 8.78 Å². The van der Waals surface area contributed by atoms with Crippen LogP contribution in [0, 0.1) is 0 Å². The van der Waals surface area contributed by atoms with Crippen LogP contribution in [-0.2, 0) is 0 Å². The van der Waals surface area contributed by atoms with E-state index in [9.17, 15) is 8.78 Å². The van der Waals surface area contributed by atoms with Crippen molar-refractivity contribution in [3.8, 4) is 0 Å². The van der Waals surface area contributed by atoms with Gasteiger partial charge in [-0.15, -0.1) is 0 Å². The predicted octanol–water partition coefficient (Wildman–Crippen LogP) is 1.15. The third kappa shape index (κ3) is 6.64. The normalized spacial score (nSPS) is 14.6. The first-order valence-corrected chi connectivity index (χ1v) is 4.34. The Labute approximate surface area is 77.8 Å². The molecule has 2 nitrogen and oxygen atoms in total. The molecule has 0 aromatic heterocycles. The molecule has 0 fully saturated rings. The number of nitrogens with one attached hydrogen (secondary N) is 1. The van der Waals surface area contributed by atoms with E-state index in [4.69, 9.17) is 5.11 Å². The van der Waals surface area contributed by atoms with Gasteiger partial charge in [-0.05, 0) is 4.08 Å². The van der Waals surface area contributed by atoms with Crippen molar-refractivity contribution in [2.24, 2.45) is 0 Å². The summed E-state index contributed by atoms with van der Waals surface area (Å²) in [4.78, 5) is 0. The molecule has 0 bridgehead atoms. The van der Waals surface area contributed by atoms with E-state index in [0.29, 0.717) is 0 Å². The lowest BCUT2D eigenvalue weighted by molar-refractivity contribution is 0.138. The Morgan fingerprint density at radius 2 is 2.18 bits per heavy atom. The van der Waals surface area contributed by atoms with Crippen molar-refractivity contribution in [1.29, 1.82) is 0 Å². The van der Waals surface area contributed by atoms with Crippen molar-refractivity contribution in [3.05, 3.63) is 10.2 Å². The molecule has 0 aliphatic carbocycles. The average molecular weight is 277 g/mol. The van der Waals surface area contributed by atoms with E-state index < -0.39 is 6.43 Å². The molecular weight excluding hydrogens is 267 g/mol. The van der Waals surface area contributed by atoms with Crippen molar-refractivity contribution in [2.75, 3.05) is 13.2 Å². The first-order chi connectivity index (χ1) is 5.20. The molecule has 11 heavy (non-hydrogen) atoms. The van der Waals surface area contributed by atoms with Gasteiger partial charge in [-0.3, -0.25) is 0 Å². The molecule has 0 aliphatic rings. The third-order valence-corrected chi connectivity index (χ3v) is 1.45. The fourth-order valence-electron chi connectivity index (χ4n) is 0.522. The highest BCUT2D eigenvalue weighted by molar-refractivity contribution is 14.1. The molecule has 0 saturated heterocycles. The van der Waals surface area contributed by atoms with Gasteiger partial charge >= 0.3 is 0 Å². The maximum absolute atomic E-state index is 11.6. The van der Waals surface area contributed by atoms with Crippen LogP contribution in [0.4, 0.5) is 8.78 Å². The summed E-state index contributed by atoms with van der Waals surface area (Å²) in [5.41, 5.74) is 0. The van der Waals surface area contributed by atoms with Gasteiger partial charge in [0.15, 0.2) is 0 Å². The zero-order valence-electron chi connectivity index (χ0n) is 5.80. The van der Waals surface area contributed by atoms with Gasteiger partial charge < -0.3 is 10.4 Å². The summed E-state index contributed by atoms with van der Waals surface area (Å²) in [5, 5.41) is 11.1. The molecule has 66 valence electrons. The van der Waals surface area contributed by atoms with Crippen LogP contribution < -0.4 is 5.32 Å². The molecule has 0 amide bonds. The molecule has 0 spiro atoms. The van der Waals surface area contributed by atoms with Gasteiger partial charge in [0.05, 0.1) is 13.2 Å². The maximum Gasteiger partial charge on any atom is 0.250 e. The van der Waals surface area contributed by atoms with E-state index in [1.165, 1.54) is 0 Å². The number of aliphatic hydroxyl groups is 1. The number of halogens is 3. The summed E-state index contributed by atoms with van der Waals surface area (Å²) in [5.74, 6) is 0. The molecule has 0 aromatic rings. The molecule has 1 atom stereocenters. The molecule has 0 unspecified atom stereocenters. The SMILES string of the molecule is OC[C@H](C=CI)NCC(F)F. The Balaban J connectivity index is 3.52. The Morgan fingerprint density at radius 3 is 2.55 bits per heavy atom. The Hall–Kier alpha value is 0.250. The summed E-state index contributed by atoms with van der Waals surface area (Å²) in [6, 6.07) is -0.360. The number of aliphatic hydroxyl groups excluding tert-OH is 1. The van der Waals surface area contributed by atoms with Crippen molar-refractivity contribution in [1.82, 2.24) is 5.32 Å². The highest BCUT2D eigenvalue weighted by Gasteiger charge is 2.05. The summed E-state index contributed by atoms with van der Waals surface area (Å²) in [7, 11) is 0. The molecule has 0 heterocycles. The average Bonchev–Trinajstić information content (AvgIpc) is 1.97. The van der Waals surface area contributed by atoms with E-state index in [0.717, 1.165) is 0 Å². The monoisotopic (exact) mass is 277 g/mol. The van der Waals surface area contributed by atoms with Gasteiger partial charge in [0.1, 0.15) is 0 Å². The quantitative estimate of drug-likeness (QED) is 0.739. The van der Waals surface area contributed by atoms with Gasteiger partial charge in [0, 0.05) is 6.04 Å². The van der Waals surface area contributed by atoms with Crippen LogP contribution in [0.2, 0.25) is 0 Å². The molecule has 0 rings (SSSR count). The van der Waals surface area contributed by atoms with Crippen molar-refractivity contribution >= 4 is 22.6 Å². The number of rotatable bonds is 5. The Bertz CT molecular complexity index is 121. The van der Waals surface area contributed by atoms with Crippen LogP contribution in [0.3, 0.4) is 0 Å². The van der Waals surface area contributed by atoms with Crippen molar-refractivity contribution in [2.45, 2.75) is 12.5 Å². The first-order valence-electron chi connectivity index (χ1n) is 3.10. The van der Waals surface area contributed by atoms with Crippen LogP contribution >= 0.6 is 22.6 Å². The van der Waals surface area contributed by atoms with Crippen LogP contribution in [0.25, 0.3) is 0 Å². The Kier molecular flexibility index (Phi) is 7.09. The van der Waals surface area contributed by atoms with Crippen LogP contribution in [0.15, 0.2) is 10.2 Å². The number of hydrogen-bond acceptors (Lipinski definition) is 2. The molecule has 0 saturated carbocycles. The number of alkyl halides is 2. The molecule has 2 N–H and O–H groups in total. The zero-order valence-corrected chi connectivity index (χ0v) is 7.96. The lowest BCUT2D eigenvalue weighted by Crippen LogP contribution is -2.34. The molecule has 0 radical (unpaired) electrons. The number of hydrogen-bond donors (Lipinski definition) is 2. The summed E-state index contributed by atoms with van der Waals surface area (Å²) >= 11 is 1.96. The van der Waals surface area contributed by atoms with Crippen LogP contribution in [0.1, 0.15) is 0 Å². The lowest BCUT2D eigenvalue weighted by atomic mass is 10.3. The maximum atomic E-state index is 11.6. The Morgan fingerprint density at radius 1 is 1.55 bits per heavy atom. The topological polar surface area (TPSA) is 32.3 Å². The highest BCUT2D eigenvalue weighted by atomic mass is 127. The second-order valence-electron chi connectivity index (χ2n) is 1.91.